The van der Waals surface area contributed by atoms with Crippen molar-refractivity contribution < 1.29 is 14.7 Å². The molecule has 0 unspecified atom stereocenters. The van der Waals surface area contributed by atoms with Gasteiger partial charge in [0.15, 0.2) is 0 Å². The minimum atomic E-state index is -0.753. The van der Waals surface area contributed by atoms with E-state index in [0.717, 1.165) is 38.8 Å². The van der Waals surface area contributed by atoms with E-state index < -0.39 is 11.4 Å². The number of carbonyl (C=O) groups is 2. The number of amides is 1. The Morgan fingerprint density at radius 2 is 1.88 bits per heavy atom. The quantitative estimate of drug-likeness (QED) is 0.857. The number of rotatable bonds is 6. The van der Waals surface area contributed by atoms with Crippen molar-refractivity contribution in [2.45, 2.75) is 25.7 Å². The lowest BCUT2D eigenvalue weighted by molar-refractivity contribution is -0.149. The lowest BCUT2D eigenvalue weighted by Crippen LogP contribution is -2.42. The van der Waals surface area contributed by atoms with Crippen LogP contribution in [0, 0.1) is 17.3 Å². The van der Waals surface area contributed by atoms with Gasteiger partial charge in [0.1, 0.15) is 5.41 Å². The minimum absolute atomic E-state index is 0.0735. The maximum absolute atomic E-state index is 12.3. The molecule has 1 amide bonds. The Balaban J connectivity index is 1.34. The Morgan fingerprint density at radius 3 is 2.52 bits per heavy atom. The fourth-order valence-corrected chi connectivity index (χ4v) is 4.55. The molecule has 1 saturated carbocycles. The molecular weight excluding hydrogens is 316 g/mol. The maximum Gasteiger partial charge on any atom is 0.313 e. The summed E-state index contributed by atoms with van der Waals surface area (Å²) in [6, 6.07) is 10.4. The van der Waals surface area contributed by atoms with E-state index in [2.05, 4.69) is 29.2 Å². The number of carbonyl (C=O) groups excluding carboxylic acids is 1. The van der Waals surface area contributed by atoms with Crippen LogP contribution >= 0.6 is 0 Å². The molecule has 1 aliphatic carbocycles. The van der Waals surface area contributed by atoms with Gasteiger partial charge in [-0.3, -0.25) is 9.59 Å². The summed E-state index contributed by atoms with van der Waals surface area (Å²) in [5.41, 5.74) is 0.577. The Hall–Kier alpha value is -1.88. The van der Waals surface area contributed by atoms with Crippen molar-refractivity contribution in [2.75, 3.05) is 32.7 Å². The SMILES string of the molecule is O=C(C1CC1)N1C[C@H]2CN(CCCc3ccccc3)C[C@@]2(C(=O)O)C1. The highest BCUT2D eigenvalue weighted by atomic mass is 16.4. The molecule has 1 N–H and O–H groups in total. The smallest absolute Gasteiger partial charge is 0.313 e. The van der Waals surface area contributed by atoms with Gasteiger partial charge in [0.05, 0.1) is 0 Å². The van der Waals surface area contributed by atoms with Gasteiger partial charge < -0.3 is 14.9 Å². The first-order chi connectivity index (χ1) is 12.1. The van der Waals surface area contributed by atoms with Crippen molar-refractivity contribution in [1.29, 1.82) is 0 Å². The zero-order valence-corrected chi connectivity index (χ0v) is 14.6. The molecule has 2 saturated heterocycles. The van der Waals surface area contributed by atoms with E-state index in [4.69, 9.17) is 0 Å². The molecule has 0 bridgehead atoms. The van der Waals surface area contributed by atoms with Crippen LogP contribution in [0.15, 0.2) is 30.3 Å². The fraction of sp³-hybridized carbons (Fsp3) is 0.600. The topological polar surface area (TPSA) is 60.9 Å². The van der Waals surface area contributed by atoms with Gasteiger partial charge >= 0.3 is 5.97 Å². The second-order valence-electron chi connectivity index (χ2n) is 7.98. The summed E-state index contributed by atoms with van der Waals surface area (Å²) in [6.45, 7) is 3.33. The maximum atomic E-state index is 12.3. The molecule has 3 fully saturated rings. The average molecular weight is 342 g/mol. The highest BCUT2D eigenvalue weighted by Gasteiger charge is 2.58. The molecule has 134 valence electrons. The van der Waals surface area contributed by atoms with E-state index in [1.807, 2.05) is 11.0 Å². The van der Waals surface area contributed by atoms with Crippen molar-refractivity contribution >= 4 is 11.9 Å². The standard InChI is InChI=1S/C20H26N2O3/c23-18(16-8-9-16)22-12-17-11-21(13-20(17,14-22)19(24)25)10-4-7-15-5-2-1-3-6-15/h1-3,5-6,16-17H,4,7-14H2,(H,24,25)/t17-,20-/m1/s1. The van der Waals surface area contributed by atoms with Crippen LogP contribution in [0.5, 0.6) is 0 Å². The first kappa shape index (κ1) is 16.6. The van der Waals surface area contributed by atoms with Crippen LogP contribution in [-0.4, -0.2) is 59.5 Å². The number of fused-ring (bicyclic) bond motifs is 1. The van der Waals surface area contributed by atoms with Gasteiger partial charge in [-0.2, -0.15) is 0 Å². The number of aliphatic carboxylic acids is 1. The summed E-state index contributed by atoms with van der Waals surface area (Å²) in [4.78, 5) is 28.5. The minimum Gasteiger partial charge on any atom is -0.481 e. The summed E-state index contributed by atoms with van der Waals surface area (Å²) < 4.78 is 0. The summed E-state index contributed by atoms with van der Waals surface area (Å²) in [7, 11) is 0. The molecular formula is C20H26N2O3. The highest BCUT2D eigenvalue weighted by Crippen LogP contribution is 2.44. The molecule has 0 radical (unpaired) electrons. The zero-order chi connectivity index (χ0) is 17.4. The molecule has 4 rings (SSSR count). The van der Waals surface area contributed by atoms with E-state index >= 15 is 0 Å². The first-order valence-corrected chi connectivity index (χ1v) is 9.37. The van der Waals surface area contributed by atoms with Crippen LogP contribution in [0.25, 0.3) is 0 Å². The Kier molecular flexibility index (Phi) is 4.28. The van der Waals surface area contributed by atoms with E-state index in [0.29, 0.717) is 19.6 Å². The van der Waals surface area contributed by atoms with Crippen LogP contribution in [-0.2, 0) is 16.0 Å². The number of nitrogens with zero attached hydrogens (tertiary/aromatic N) is 2. The summed E-state index contributed by atoms with van der Waals surface area (Å²) >= 11 is 0. The van der Waals surface area contributed by atoms with Crippen molar-refractivity contribution in [2.24, 2.45) is 17.3 Å². The second-order valence-corrected chi connectivity index (χ2v) is 7.98. The number of carboxylic acids is 1. The molecule has 1 aromatic rings. The average Bonchev–Trinajstić information content (AvgIpc) is 3.29. The third-order valence-corrected chi connectivity index (χ3v) is 6.13. The molecule has 2 atom stereocenters. The number of benzene rings is 1. The van der Waals surface area contributed by atoms with Gasteiger partial charge in [-0.1, -0.05) is 30.3 Å². The number of hydrogen-bond acceptors (Lipinski definition) is 3. The molecule has 25 heavy (non-hydrogen) atoms. The molecule has 3 aliphatic rings. The third kappa shape index (κ3) is 3.17. The molecule has 0 aromatic heterocycles. The Labute approximate surface area is 148 Å². The van der Waals surface area contributed by atoms with Gasteiger partial charge in [-0.05, 0) is 37.8 Å². The largest absolute Gasteiger partial charge is 0.481 e. The van der Waals surface area contributed by atoms with Gasteiger partial charge in [0.2, 0.25) is 5.91 Å². The van der Waals surface area contributed by atoms with Crippen molar-refractivity contribution in [1.82, 2.24) is 9.80 Å². The third-order valence-electron chi connectivity index (χ3n) is 6.13. The first-order valence-electron chi connectivity index (χ1n) is 9.37. The summed E-state index contributed by atoms with van der Waals surface area (Å²) in [6.07, 6.45) is 4.02. The summed E-state index contributed by atoms with van der Waals surface area (Å²) in [5, 5.41) is 9.88. The molecule has 5 heteroatoms. The van der Waals surface area contributed by atoms with Crippen LogP contribution in [0.3, 0.4) is 0 Å². The van der Waals surface area contributed by atoms with Crippen molar-refractivity contribution in [3.05, 3.63) is 35.9 Å². The molecule has 2 aliphatic heterocycles. The predicted octanol–water partition coefficient (Wildman–Crippen LogP) is 1.87. The van der Waals surface area contributed by atoms with Crippen molar-refractivity contribution in [3.63, 3.8) is 0 Å². The van der Waals surface area contributed by atoms with Gasteiger partial charge in [-0.15, -0.1) is 0 Å². The predicted molar refractivity (Wildman–Crippen MR) is 94.1 cm³/mol. The van der Waals surface area contributed by atoms with E-state index in [1.54, 1.807) is 0 Å². The normalized spacial score (nSPS) is 29.0. The van der Waals surface area contributed by atoms with Gasteiger partial charge in [-0.25, -0.2) is 0 Å². The highest BCUT2D eigenvalue weighted by molar-refractivity contribution is 5.84. The number of carboxylic acid groups (broad SMARTS) is 1. The Bertz CT molecular complexity index is 658. The number of likely N-dealkylation sites (tertiary alicyclic amines) is 2. The van der Waals surface area contributed by atoms with Gasteiger partial charge in [0, 0.05) is 38.0 Å². The van der Waals surface area contributed by atoms with Crippen LogP contribution in [0.1, 0.15) is 24.8 Å². The number of hydrogen-bond donors (Lipinski definition) is 1. The van der Waals surface area contributed by atoms with E-state index in [-0.39, 0.29) is 17.7 Å². The molecule has 0 spiro atoms. The van der Waals surface area contributed by atoms with E-state index in [1.165, 1.54) is 5.56 Å². The lowest BCUT2D eigenvalue weighted by atomic mass is 9.81. The van der Waals surface area contributed by atoms with Crippen LogP contribution in [0.4, 0.5) is 0 Å². The summed E-state index contributed by atoms with van der Waals surface area (Å²) in [5.74, 6) is -0.295. The molecule has 1 aromatic carbocycles. The van der Waals surface area contributed by atoms with E-state index in [9.17, 15) is 14.7 Å². The van der Waals surface area contributed by atoms with Crippen LogP contribution in [0.2, 0.25) is 0 Å². The molecule has 5 nitrogen and oxygen atoms in total. The Morgan fingerprint density at radius 1 is 1.12 bits per heavy atom. The second kappa shape index (κ2) is 6.45. The molecule has 2 heterocycles. The fourth-order valence-electron chi connectivity index (χ4n) is 4.55. The van der Waals surface area contributed by atoms with Crippen LogP contribution < -0.4 is 0 Å². The lowest BCUT2D eigenvalue weighted by Gasteiger charge is -2.25. The zero-order valence-electron chi connectivity index (χ0n) is 14.6. The monoisotopic (exact) mass is 342 g/mol. The van der Waals surface area contributed by atoms with Gasteiger partial charge in [0.25, 0.3) is 0 Å². The number of aryl methyl sites for hydroxylation is 1. The van der Waals surface area contributed by atoms with Crippen molar-refractivity contribution in [3.8, 4) is 0 Å².